The van der Waals surface area contributed by atoms with E-state index in [0.717, 1.165) is 47.8 Å². The number of anilines is 1. The molecule has 0 bridgehead atoms. The van der Waals surface area contributed by atoms with Crippen LogP contribution in [0, 0.1) is 5.92 Å². The van der Waals surface area contributed by atoms with E-state index in [0.29, 0.717) is 10.7 Å². The molecule has 1 amide bonds. The molecule has 1 atom stereocenters. The Labute approximate surface area is 199 Å². The van der Waals surface area contributed by atoms with Crippen LogP contribution in [-0.4, -0.2) is 27.8 Å². The van der Waals surface area contributed by atoms with E-state index in [1.807, 2.05) is 42.5 Å². The van der Waals surface area contributed by atoms with E-state index in [4.69, 9.17) is 4.74 Å². The molecule has 1 aliphatic heterocycles. The fourth-order valence-electron chi connectivity index (χ4n) is 5.02. The van der Waals surface area contributed by atoms with Gasteiger partial charge in [0.1, 0.15) is 6.61 Å². The Morgan fingerprint density at radius 2 is 1.91 bits per heavy atom. The van der Waals surface area contributed by atoms with Crippen LogP contribution in [0.25, 0.3) is 15.7 Å². The van der Waals surface area contributed by atoms with Gasteiger partial charge in [-0.3, -0.25) is 18.8 Å². The fraction of sp³-hybridized carbons (Fsp3) is 0.308. The molecule has 1 fully saturated rings. The van der Waals surface area contributed by atoms with E-state index < -0.39 is 11.9 Å². The molecule has 1 saturated heterocycles. The van der Waals surface area contributed by atoms with Gasteiger partial charge in [0, 0.05) is 35.0 Å². The largest absolute Gasteiger partial charge is 0.459 e. The number of carbonyl (C=O) groups is 2. The van der Waals surface area contributed by atoms with Gasteiger partial charge >= 0.3 is 5.97 Å². The molecule has 7 nitrogen and oxygen atoms in total. The van der Waals surface area contributed by atoms with Gasteiger partial charge in [-0.15, -0.1) is 11.3 Å². The molecule has 34 heavy (non-hydrogen) atoms. The summed E-state index contributed by atoms with van der Waals surface area (Å²) < 4.78 is 7.21. The molecule has 2 aliphatic rings. The number of thiazole rings is 1. The van der Waals surface area contributed by atoms with Crippen molar-refractivity contribution in [1.29, 1.82) is 0 Å². The van der Waals surface area contributed by atoms with Crippen molar-refractivity contribution in [3.05, 3.63) is 75.1 Å². The van der Waals surface area contributed by atoms with Crippen molar-refractivity contribution >= 4 is 44.6 Å². The van der Waals surface area contributed by atoms with Gasteiger partial charge in [-0.2, -0.15) is 0 Å². The average molecular weight is 474 g/mol. The zero-order chi connectivity index (χ0) is 23.2. The van der Waals surface area contributed by atoms with Crippen LogP contribution in [0.2, 0.25) is 0 Å². The zero-order valence-electron chi connectivity index (χ0n) is 18.5. The molecule has 6 rings (SSSR count). The van der Waals surface area contributed by atoms with Gasteiger partial charge in [-0.1, -0.05) is 36.4 Å². The predicted octanol–water partition coefficient (Wildman–Crippen LogP) is 3.88. The lowest BCUT2D eigenvalue weighted by atomic mass is 10.0. The molecule has 0 N–H and O–H groups in total. The van der Waals surface area contributed by atoms with Gasteiger partial charge in [-0.25, -0.2) is 4.98 Å². The van der Waals surface area contributed by atoms with Gasteiger partial charge in [0.15, 0.2) is 4.96 Å². The monoisotopic (exact) mass is 473 g/mol. The van der Waals surface area contributed by atoms with E-state index in [1.165, 1.54) is 10.9 Å². The molecule has 172 valence electrons. The Balaban J connectivity index is 1.18. The third-order valence-corrected chi connectivity index (χ3v) is 7.84. The quantitative estimate of drug-likeness (QED) is 0.420. The second-order valence-corrected chi connectivity index (χ2v) is 9.96. The van der Waals surface area contributed by atoms with Crippen LogP contribution < -0.4 is 10.5 Å². The predicted molar refractivity (Wildman–Crippen MR) is 130 cm³/mol. The minimum atomic E-state index is -0.551. The maximum absolute atomic E-state index is 12.8. The fourth-order valence-corrected chi connectivity index (χ4v) is 6.25. The van der Waals surface area contributed by atoms with Gasteiger partial charge in [-0.05, 0) is 37.1 Å². The van der Waals surface area contributed by atoms with Crippen molar-refractivity contribution in [3.63, 3.8) is 0 Å². The third-order valence-electron chi connectivity index (χ3n) is 6.69. The van der Waals surface area contributed by atoms with Crippen LogP contribution in [0.1, 0.15) is 35.5 Å². The molecule has 4 aromatic rings. The summed E-state index contributed by atoms with van der Waals surface area (Å²) in [6, 6.07) is 15.1. The highest BCUT2D eigenvalue weighted by molar-refractivity contribution is 7.17. The van der Waals surface area contributed by atoms with Gasteiger partial charge in [0.2, 0.25) is 5.91 Å². The van der Waals surface area contributed by atoms with Crippen LogP contribution in [0.15, 0.2) is 53.3 Å². The summed E-state index contributed by atoms with van der Waals surface area (Å²) in [6.45, 7) is 0.199. The van der Waals surface area contributed by atoms with Crippen LogP contribution in [-0.2, 0) is 33.8 Å². The summed E-state index contributed by atoms with van der Waals surface area (Å²) in [5.41, 5.74) is 2.19. The van der Waals surface area contributed by atoms with Crippen molar-refractivity contribution in [2.45, 2.75) is 38.7 Å². The number of fused-ring (bicyclic) bond motifs is 4. The summed E-state index contributed by atoms with van der Waals surface area (Å²) in [6.07, 6.45) is 4.20. The van der Waals surface area contributed by atoms with Crippen molar-refractivity contribution < 1.29 is 14.3 Å². The number of esters is 1. The first-order chi connectivity index (χ1) is 16.6. The lowest BCUT2D eigenvalue weighted by molar-refractivity contribution is -0.149. The van der Waals surface area contributed by atoms with Crippen molar-refractivity contribution in [1.82, 2.24) is 9.38 Å². The van der Waals surface area contributed by atoms with Gasteiger partial charge in [0.25, 0.3) is 5.56 Å². The minimum Gasteiger partial charge on any atom is -0.459 e. The second kappa shape index (κ2) is 8.36. The van der Waals surface area contributed by atoms with Crippen molar-refractivity contribution in [3.8, 4) is 0 Å². The Bertz CT molecular complexity index is 1500. The molecular formula is C26H23N3O4S. The highest BCUT2D eigenvalue weighted by Crippen LogP contribution is 2.32. The Morgan fingerprint density at radius 3 is 2.82 bits per heavy atom. The molecule has 3 heterocycles. The first kappa shape index (κ1) is 21.0. The highest BCUT2D eigenvalue weighted by atomic mass is 32.1. The first-order valence-electron chi connectivity index (χ1n) is 11.6. The standard InChI is InChI=1S/C26H23N3O4S/c30-23-12-17(14-28(23)20-10-5-7-16-6-1-2-8-19(16)20)25(32)33-15-18-13-24(31)29-21-9-3-4-11-22(21)34-26(29)27-18/h1-2,5-8,10,13,17H,3-4,9,11-12,14-15H2/t17-/m1/s1. The number of carbonyl (C=O) groups excluding carboxylic acids is 2. The first-order valence-corrected chi connectivity index (χ1v) is 12.4. The number of ether oxygens (including phenoxy) is 1. The molecule has 8 heteroatoms. The molecule has 0 spiro atoms. The number of nitrogens with zero attached hydrogens (tertiary/aromatic N) is 3. The molecule has 0 saturated carbocycles. The summed E-state index contributed by atoms with van der Waals surface area (Å²) in [5.74, 6) is -1.09. The number of benzene rings is 2. The lowest BCUT2D eigenvalue weighted by Crippen LogP contribution is -2.26. The maximum Gasteiger partial charge on any atom is 0.311 e. The summed E-state index contributed by atoms with van der Waals surface area (Å²) >= 11 is 1.55. The summed E-state index contributed by atoms with van der Waals surface area (Å²) in [4.78, 5) is 46.4. The molecule has 1 aliphatic carbocycles. The van der Waals surface area contributed by atoms with Crippen molar-refractivity contribution in [2.75, 3.05) is 11.4 Å². The molecule has 0 unspecified atom stereocenters. The van der Waals surface area contributed by atoms with Crippen LogP contribution in [0.4, 0.5) is 5.69 Å². The van der Waals surface area contributed by atoms with Crippen LogP contribution >= 0.6 is 11.3 Å². The lowest BCUT2D eigenvalue weighted by Gasteiger charge is -2.18. The summed E-state index contributed by atoms with van der Waals surface area (Å²) in [7, 11) is 0. The maximum atomic E-state index is 12.8. The second-order valence-electron chi connectivity index (χ2n) is 8.89. The summed E-state index contributed by atoms with van der Waals surface area (Å²) in [5, 5.41) is 2.02. The zero-order valence-corrected chi connectivity index (χ0v) is 19.3. The smallest absolute Gasteiger partial charge is 0.311 e. The number of aryl methyl sites for hydroxylation is 2. The Hall–Kier alpha value is -3.52. The normalized spacial score (nSPS) is 17.9. The molecule has 2 aromatic carbocycles. The van der Waals surface area contributed by atoms with Crippen molar-refractivity contribution in [2.24, 2.45) is 5.92 Å². The van der Waals surface area contributed by atoms with Gasteiger partial charge in [0.05, 0.1) is 17.3 Å². The SMILES string of the molecule is O=C(OCc1cc(=O)n2c3c(sc2n1)CCCC3)[C@@H]1CC(=O)N(c2cccc3ccccc23)C1. The number of hydrogen-bond donors (Lipinski definition) is 0. The Kier molecular flexibility index (Phi) is 5.17. The van der Waals surface area contributed by atoms with E-state index in [-0.39, 0.29) is 31.0 Å². The number of hydrogen-bond acceptors (Lipinski definition) is 6. The topological polar surface area (TPSA) is 81.0 Å². The molecule has 2 aromatic heterocycles. The van der Waals surface area contributed by atoms with E-state index in [2.05, 4.69) is 4.98 Å². The number of rotatable bonds is 4. The third kappa shape index (κ3) is 3.58. The highest BCUT2D eigenvalue weighted by Gasteiger charge is 2.36. The van der Waals surface area contributed by atoms with Crippen LogP contribution in [0.5, 0.6) is 0 Å². The van der Waals surface area contributed by atoms with Gasteiger partial charge < -0.3 is 9.64 Å². The van der Waals surface area contributed by atoms with E-state index >= 15 is 0 Å². The number of aromatic nitrogens is 2. The minimum absolute atomic E-state index is 0.0773. The van der Waals surface area contributed by atoms with E-state index in [9.17, 15) is 14.4 Å². The Morgan fingerprint density at radius 1 is 1.09 bits per heavy atom. The van der Waals surface area contributed by atoms with Crippen LogP contribution in [0.3, 0.4) is 0 Å². The number of amides is 1. The van der Waals surface area contributed by atoms with E-state index in [1.54, 1.807) is 20.6 Å². The molecular weight excluding hydrogens is 450 g/mol. The molecule has 0 radical (unpaired) electrons. The average Bonchev–Trinajstić information content (AvgIpc) is 3.42.